The van der Waals surface area contributed by atoms with Gasteiger partial charge in [-0.15, -0.1) is 0 Å². The van der Waals surface area contributed by atoms with Crippen molar-refractivity contribution in [2.24, 2.45) is 0 Å². The normalized spacial score (nSPS) is 26.4. The first-order valence-electron chi connectivity index (χ1n) is 5.56. The van der Waals surface area contributed by atoms with E-state index in [4.69, 9.17) is 0 Å². The minimum atomic E-state index is 0.860. The molecule has 2 aliphatic rings. The molecule has 0 unspecified atom stereocenters. The van der Waals surface area contributed by atoms with Crippen molar-refractivity contribution in [3.8, 4) is 0 Å². The number of nitrogens with zero attached hydrogens (tertiary/aromatic N) is 2. The predicted molar refractivity (Wildman–Crippen MR) is 63.1 cm³/mol. The van der Waals surface area contributed by atoms with Crippen LogP contribution in [0.25, 0.3) is 0 Å². The van der Waals surface area contributed by atoms with E-state index in [2.05, 4.69) is 21.4 Å². The molecule has 2 saturated heterocycles. The Balaban J connectivity index is 1.61. The molecular formula is C10H21N3S. The van der Waals surface area contributed by atoms with Crippen molar-refractivity contribution in [1.82, 2.24) is 15.1 Å². The van der Waals surface area contributed by atoms with E-state index < -0.39 is 0 Å². The fraction of sp³-hybridized carbons (Fsp3) is 1.00. The molecule has 2 heterocycles. The number of nitrogens with one attached hydrogen (secondary N) is 1. The lowest BCUT2D eigenvalue weighted by Crippen LogP contribution is -2.62. The summed E-state index contributed by atoms with van der Waals surface area (Å²) in [5.74, 6) is 1.29. The summed E-state index contributed by atoms with van der Waals surface area (Å²) in [5.41, 5.74) is 0. The number of hydrogen-bond acceptors (Lipinski definition) is 4. The summed E-state index contributed by atoms with van der Waals surface area (Å²) in [6, 6.07) is 0.860. The van der Waals surface area contributed by atoms with Crippen LogP contribution in [0.1, 0.15) is 0 Å². The second kappa shape index (κ2) is 5.35. The Hall–Kier alpha value is 0.230. The third kappa shape index (κ3) is 2.63. The Morgan fingerprint density at radius 1 is 1.29 bits per heavy atom. The van der Waals surface area contributed by atoms with E-state index in [1.807, 2.05) is 11.8 Å². The Morgan fingerprint density at radius 3 is 2.64 bits per heavy atom. The van der Waals surface area contributed by atoms with Gasteiger partial charge in [0.2, 0.25) is 0 Å². The molecule has 0 radical (unpaired) electrons. The maximum absolute atomic E-state index is 3.40. The van der Waals surface area contributed by atoms with E-state index in [1.54, 1.807) is 0 Å². The molecular weight excluding hydrogens is 194 g/mol. The number of rotatable bonds is 4. The fourth-order valence-electron chi connectivity index (χ4n) is 2.22. The van der Waals surface area contributed by atoms with Gasteiger partial charge in [0, 0.05) is 57.6 Å². The van der Waals surface area contributed by atoms with E-state index in [9.17, 15) is 0 Å². The summed E-state index contributed by atoms with van der Waals surface area (Å²) < 4.78 is 0. The van der Waals surface area contributed by atoms with E-state index >= 15 is 0 Å². The van der Waals surface area contributed by atoms with E-state index in [1.165, 1.54) is 51.6 Å². The summed E-state index contributed by atoms with van der Waals surface area (Å²) in [7, 11) is 0. The molecule has 0 aromatic carbocycles. The van der Waals surface area contributed by atoms with Gasteiger partial charge in [-0.3, -0.25) is 9.80 Å². The number of hydrogen-bond donors (Lipinski definition) is 1. The first kappa shape index (κ1) is 10.7. The summed E-state index contributed by atoms with van der Waals surface area (Å²) >= 11 is 1.95. The highest BCUT2D eigenvalue weighted by molar-refractivity contribution is 7.98. The maximum Gasteiger partial charge on any atom is 0.0351 e. The molecule has 2 fully saturated rings. The van der Waals surface area contributed by atoms with Crippen LogP contribution < -0.4 is 5.32 Å². The predicted octanol–water partition coefficient (Wildman–Crippen LogP) is -0.0612. The Kier molecular flexibility index (Phi) is 4.10. The first-order chi connectivity index (χ1) is 6.90. The molecule has 82 valence electrons. The van der Waals surface area contributed by atoms with Gasteiger partial charge < -0.3 is 5.32 Å². The highest BCUT2D eigenvalue weighted by Crippen LogP contribution is 2.15. The van der Waals surface area contributed by atoms with Crippen LogP contribution in [-0.4, -0.2) is 73.7 Å². The number of piperazine rings is 1. The number of thioether (sulfide) groups is 1. The molecule has 0 spiro atoms. The van der Waals surface area contributed by atoms with Crippen molar-refractivity contribution in [1.29, 1.82) is 0 Å². The van der Waals surface area contributed by atoms with Crippen molar-refractivity contribution < 1.29 is 0 Å². The third-order valence-electron chi connectivity index (χ3n) is 3.22. The standard InChI is InChI=1S/C10H21N3S/c1-14-7-6-12-8-10(9-12)13-4-2-11-3-5-13/h10-11H,2-9H2,1H3. The quantitative estimate of drug-likeness (QED) is 0.708. The van der Waals surface area contributed by atoms with E-state index in [-0.39, 0.29) is 0 Å². The van der Waals surface area contributed by atoms with Gasteiger partial charge in [0.05, 0.1) is 0 Å². The van der Waals surface area contributed by atoms with Gasteiger partial charge in [-0.1, -0.05) is 0 Å². The lowest BCUT2D eigenvalue weighted by atomic mass is 10.1. The SMILES string of the molecule is CSCCN1CC(N2CCNCC2)C1. The average molecular weight is 215 g/mol. The summed E-state index contributed by atoms with van der Waals surface area (Å²) in [6.45, 7) is 8.76. The molecule has 0 aromatic rings. The highest BCUT2D eigenvalue weighted by atomic mass is 32.2. The largest absolute Gasteiger partial charge is 0.314 e. The second-order valence-corrected chi connectivity index (χ2v) is 5.18. The van der Waals surface area contributed by atoms with Gasteiger partial charge in [-0.25, -0.2) is 0 Å². The van der Waals surface area contributed by atoms with Crippen LogP contribution in [-0.2, 0) is 0 Å². The van der Waals surface area contributed by atoms with Gasteiger partial charge in [-0.2, -0.15) is 11.8 Å². The zero-order chi connectivity index (χ0) is 9.80. The minimum Gasteiger partial charge on any atom is -0.314 e. The molecule has 0 saturated carbocycles. The van der Waals surface area contributed by atoms with E-state index in [0.29, 0.717) is 0 Å². The van der Waals surface area contributed by atoms with Crippen LogP contribution >= 0.6 is 11.8 Å². The zero-order valence-electron chi connectivity index (χ0n) is 9.04. The van der Waals surface area contributed by atoms with Crippen molar-refractivity contribution >= 4 is 11.8 Å². The van der Waals surface area contributed by atoms with Crippen LogP contribution in [0.5, 0.6) is 0 Å². The fourth-order valence-corrected chi connectivity index (χ4v) is 2.66. The molecule has 0 bridgehead atoms. The summed E-state index contributed by atoms with van der Waals surface area (Å²) in [5, 5.41) is 3.40. The Morgan fingerprint density at radius 2 is 2.00 bits per heavy atom. The topological polar surface area (TPSA) is 18.5 Å². The molecule has 14 heavy (non-hydrogen) atoms. The molecule has 0 aliphatic carbocycles. The monoisotopic (exact) mass is 215 g/mol. The molecule has 0 amide bonds. The Bertz CT molecular complexity index is 165. The maximum atomic E-state index is 3.40. The second-order valence-electron chi connectivity index (χ2n) is 4.19. The van der Waals surface area contributed by atoms with Crippen molar-refractivity contribution in [2.45, 2.75) is 6.04 Å². The lowest BCUT2D eigenvalue weighted by molar-refractivity contribution is 0.0316. The van der Waals surface area contributed by atoms with Crippen LogP contribution in [0.15, 0.2) is 0 Å². The highest BCUT2D eigenvalue weighted by Gasteiger charge is 2.31. The molecule has 2 rings (SSSR count). The lowest BCUT2D eigenvalue weighted by Gasteiger charge is -2.46. The zero-order valence-corrected chi connectivity index (χ0v) is 9.85. The van der Waals surface area contributed by atoms with Crippen LogP contribution in [0.3, 0.4) is 0 Å². The van der Waals surface area contributed by atoms with Crippen molar-refractivity contribution in [3.05, 3.63) is 0 Å². The molecule has 3 nitrogen and oxygen atoms in total. The molecule has 4 heteroatoms. The average Bonchev–Trinajstić information content (AvgIpc) is 2.17. The first-order valence-corrected chi connectivity index (χ1v) is 6.95. The summed E-state index contributed by atoms with van der Waals surface area (Å²) in [4.78, 5) is 5.22. The number of likely N-dealkylation sites (tertiary alicyclic amines) is 1. The van der Waals surface area contributed by atoms with E-state index in [0.717, 1.165) is 6.04 Å². The van der Waals surface area contributed by atoms with Crippen LogP contribution in [0, 0.1) is 0 Å². The summed E-state index contributed by atoms with van der Waals surface area (Å²) in [6.07, 6.45) is 2.19. The Labute approximate surface area is 91.2 Å². The molecule has 0 atom stereocenters. The molecule has 0 aromatic heterocycles. The minimum absolute atomic E-state index is 0.860. The van der Waals surface area contributed by atoms with Gasteiger partial charge in [-0.05, 0) is 6.26 Å². The van der Waals surface area contributed by atoms with Crippen LogP contribution in [0.4, 0.5) is 0 Å². The van der Waals surface area contributed by atoms with Crippen LogP contribution in [0.2, 0.25) is 0 Å². The van der Waals surface area contributed by atoms with Crippen molar-refractivity contribution in [2.75, 3.05) is 57.8 Å². The van der Waals surface area contributed by atoms with Gasteiger partial charge in [0.1, 0.15) is 0 Å². The molecule has 1 N–H and O–H groups in total. The van der Waals surface area contributed by atoms with Gasteiger partial charge >= 0.3 is 0 Å². The smallest absolute Gasteiger partial charge is 0.0351 e. The van der Waals surface area contributed by atoms with Gasteiger partial charge in [0.25, 0.3) is 0 Å². The van der Waals surface area contributed by atoms with Crippen molar-refractivity contribution in [3.63, 3.8) is 0 Å². The third-order valence-corrected chi connectivity index (χ3v) is 3.81. The van der Waals surface area contributed by atoms with Gasteiger partial charge in [0.15, 0.2) is 0 Å². The molecule has 2 aliphatic heterocycles.